The van der Waals surface area contributed by atoms with Crippen molar-refractivity contribution < 1.29 is 13.6 Å². The minimum atomic E-state index is -0.755. The van der Waals surface area contributed by atoms with Crippen molar-refractivity contribution in [3.05, 3.63) is 29.8 Å². The van der Waals surface area contributed by atoms with Gasteiger partial charge in [-0.1, -0.05) is 13.0 Å². The van der Waals surface area contributed by atoms with Crippen molar-refractivity contribution >= 4 is 11.6 Å². The second kappa shape index (κ2) is 6.76. The maximum Gasteiger partial charge on any atom is 0.238 e. The van der Waals surface area contributed by atoms with E-state index in [-0.39, 0.29) is 18.1 Å². The summed E-state index contributed by atoms with van der Waals surface area (Å²) >= 11 is 0. The molecule has 110 valence electrons. The third-order valence-corrected chi connectivity index (χ3v) is 3.51. The average Bonchev–Trinajstić information content (AvgIpc) is 2.44. The lowest BCUT2D eigenvalue weighted by atomic mass is 10.2. The molecule has 20 heavy (non-hydrogen) atoms. The highest BCUT2D eigenvalue weighted by Gasteiger charge is 2.19. The van der Waals surface area contributed by atoms with Crippen LogP contribution in [-0.4, -0.2) is 55.0 Å². The Morgan fingerprint density at radius 2 is 1.70 bits per heavy atom. The zero-order valence-corrected chi connectivity index (χ0v) is 11.5. The zero-order valence-electron chi connectivity index (χ0n) is 11.5. The molecule has 1 aromatic rings. The van der Waals surface area contributed by atoms with Gasteiger partial charge < -0.3 is 10.2 Å². The maximum absolute atomic E-state index is 13.4. The number of carbonyl (C=O) groups excluding carboxylic acids is 1. The summed E-state index contributed by atoms with van der Waals surface area (Å²) in [5.74, 6) is -1.90. The number of carbonyl (C=O) groups is 1. The molecule has 0 saturated carbocycles. The Morgan fingerprint density at radius 1 is 1.15 bits per heavy atom. The van der Waals surface area contributed by atoms with Crippen molar-refractivity contribution in [2.45, 2.75) is 6.92 Å². The highest BCUT2D eigenvalue weighted by Crippen LogP contribution is 2.17. The lowest BCUT2D eigenvalue weighted by Crippen LogP contribution is -2.48. The molecule has 4 nitrogen and oxygen atoms in total. The third kappa shape index (κ3) is 3.74. The van der Waals surface area contributed by atoms with Gasteiger partial charge in [-0.05, 0) is 18.7 Å². The summed E-state index contributed by atoms with van der Waals surface area (Å²) in [5.41, 5.74) is -0.371. The van der Waals surface area contributed by atoms with Crippen molar-refractivity contribution in [3.8, 4) is 0 Å². The number of nitrogens with one attached hydrogen (secondary N) is 1. The fourth-order valence-electron chi connectivity index (χ4n) is 2.26. The average molecular weight is 283 g/mol. The van der Waals surface area contributed by atoms with E-state index in [0.717, 1.165) is 44.9 Å². The molecule has 6 heteroatoms. The number of nitrogens with zero attached hydrogens (tertiary/aromatic N) is 2. The van der Waals surface area contributed by atoms with Crippen LogP contribution in [0.4, 0.5) is 14.5 Å². The van der Waals surface area contributed by atoms with Gasteiger partial charge >= 0.3 is 0 Å². The van der Waals surface area contributed by atoms with Crippen LogP contribution >= 0.6 is 0 Å². The van der Waals surface area contributed by atoms with Gasteiger partial charge in [-0.2, -0.15) is 0 Å². The van der Waals surface area contributed by atoms with Crippen LogP contribution < -0.4 is 5.32 Å². The quantitative estimate of drug-likeness (QED) is 0.910. The number of likely N-dealkylation sites (N-methyl/N-ethyl adjacent to an activating group) is 1. The Kier molecular flexibility index (Phi) is 5.03. The van der Waals surface area contributed by atoms with E-state index in [1.54, 1.807) is 0 Å². The number of anilines is 1. The maximum atomic E-state index is 13.4. The van der Waals surface area contributed by atoms with Crippen LogP contribution in [0.5, 0.6) is 0 Å². The Balaban J connectivity index is 1.87. The standard InChI is InChI=1S/C14H19F2N3O/c1-2-18-6-8-19(9-7-18)10-13(20)17-14-11(15)4-3-5-12(14)16/h3-5H,2,6-10H2,1H3,(H,17,20). The molecule has 1 fully saturated rings. The van der Waals surface area contributed by atoms with Gasteiger partial charge in [0.15, 0.2) is 0 Å². The molecule has 2 rings (SSSR count). The van der Waals surface area contributed by atoms with E-state index in [9.17, 15) is 13.6 Å². The molecule has 1 aromatic carbocycles. The number of hydrogen-bond acceptors (Lipinski definition) is 3. The number of para-hydroxylation sites is 1. The predicted molar refractivity (Wildman–Crippen MR) is 73.5 cm³/mol. The van der Waals surface area contributed by atoms with E-state index >= 15 is 0 Å². The molecule has 0 unspecified atom stereocenters. The summed E-state index contributed by atoms with van der Waals surface area (Å²) in [5, 5.41) is 2.31. The summed E-state index contributed by atoms with van der Waals surface area (Å²) in [6.07, 6.45) is 0. The Labute approximate surface area is 117 Å². The summed E-state index contributed by atoms with van der Waals surface area (Å²) in [6.45, 7) is 6.67. The first kappa shape index (κ1) is 14.9. The molecule has 0 atom stereocenters. The van der Waals surface area contributed by atoms with Gasteiger partial charge in [0.1, 0.15) is 17.3 Å². The van der Waals surface area contributed by atoms with Crippen LogP contribution in [0.25, 0.3) is 0 Å². The van der Waals surface area contributed by atoms with Crippen LogP contribution in [-0.2, 0) is 4.79 Å². The van der Waals surface area contributed by atoms with Crippen LogP contribution in [0.15, 0.2) is 18.2 Å². The van der Waals surface area contributed by atoms with Gasteiger partial charge in [0.05, 0.1) is 6.54 Å². The third-order valence-electron chi connectivity index (χ3n) is 3.51. The van der Waals surface area contributed by atoms with E-state index in [4.69, 9.17) is 0 Å². The summed E-state index contributed by atoms with van der Waals surface area (Å²) in [7, 11) is 0. The van der Waals surface area contributed by atoms with Gasteiger partial charge in [0.2, 0.25) is 5.91 Å². The number of halogens is 2. The lowest BCUT2D eigenvalue weighted by Gasteiger charge is -2.33. The molecule has 0 aromatic heterocycles. The summed E-state index contributed by atoms with van der Waals surface area (Å²) in [6, 6.07) is 3.52. The number of amides is 1. The van der Waals surface area contributed by atoms with E-state index in [2.05, 4.69) is 17.1 Å². The van der Waals surface area contributed by atoms with Crippen LogP contribution in [0.3, 0.4) is 0 Å². The normalized spacial score (nSPS) is 17.1. The lowest BCUT2D eigenvalue weighted by molar-refractivity contribution is -0.117. The fraction of sp³-hybridized carbons (Fsp3) is 0.500. The first-order valence-electron chi connectivity index (χ1n) is 6.78. The van der Waals surface area contributed by atoms with E-state index in [1.165, 1.54) is 6.07 Å². The van der Waals surface area contributed by atoms with E-state index < -0.39 is 11.6 Å². The van der Waals surface area contributed by atoms with Gasteiger partial charge in [0, 0.05) is 26.2 Å². The summed E-state index contributed by atoms with van der Waals surface area (Å²) in [4.78, 5) is 16.1. The van der Waals surface area contributed by atoms with Crippen LogP contribution in [0.2, 0.25) is 0 Å². The first-order chi connectivity index (χ1) is 9.60. The molecule has 1 aliphatic heterocycles. The molecule has 0 radical (unpaired) electrons. The van der Waals surface area contributed by atoms with E-state index in [0.29, 0.717) is 0 Å². The monoisotopic (exact) mass is 283 g/mol. The minimum Gasteiger partial charge on any atom is -0.320 e. The molecular weight excluding hydrogens is 264 g/mol. The highest BCUT2D eigenvalue weighted by molar-refractivity contribution is 5.92. The largest absolute Gasteiger partial charge is 0.320 e. The fourth-order valence-corrected chi connectivity index (χ4v) is 2.26. The molecule has 1 heterocycles. The van der Waals surface area contributed by atoms with Gasteiger partial charge in [-0.15, -0.1) is 0 Å². The number of piperazine rings is 1. The number of rotatable bonds is 4. The van der Waals surface area contributed by atoms with Crippen molar-refractivity contribution in [2.24, 2.45) is 0 Å². The molecular formula is C14H19F2N3O. The smallest absolute Gasteiger partial charge is 0.238 e. The van der Waals surface area contributed by atoms with Crippen LogP contribution in [0.1, 0.15) is 6.92 Å². The Bertz CT molecular complexity index is 453. The van der Waals surface area contributed by atoms with E-state index in [1.807, 2.05) is 4.90 Å². The second-order valence-corrected chi connectivity index (χ2v) is 4.86. The molecule has 1 aliphatic rings. The van der Waals surface area contributed by atoms with Crippen LogP contribution in [0, 0.1) is 11.6 Å². The molecule has 1 saturated heterocycles. The molecule has 0 spiro atoms. The number of benzene rings is 1. The van der Waals surface area contributed by atoms with Gasteiger partial charge in [0.25, 0.3) is 0 Å². The number of hydrogen-bond donors (Lipinski definition) is 1. The van der Waals surface area contributed by atoms with Crippen molar-refractivity contribution in [1.82, 2.24) is 9.80 Å². The van der Waals surface area contributed by atoms with Gasteiger partial charge in [-0.3, -0.25) is 9.69 Å². The van der Waals surface area contributed by atoms with Crippen molar-refractivity contribution in [2.75, 3.05) is 44.6 Å². The molecule has 0 bridgehead atoms. The zero-order chi connectivity index (χ0) is 14.5. The SMILES string of the molecule is CCN1CCN(CC(=O)Nc2c(F)cccc2F)CC1. The van der Waals surface area contributed by atoms with Gasteiger partial charge in [-0.25, -0.2) is 8.78 Å². The highest BCUT2D eigenvalue weighted by atomic mass is 19.1. The first-order valence-corrected chi connectivity index (χ1v) is 6.78. The predicted octanol–water partition coefficient (Wildman–Crippen LogP) is 1.54. The van der Waals surface area contributed by atoms with Crippen molar-refractivity contribution in [1.29, 1.82) is 0 Å². The summed E-state index contributed by atoms with van der Waals surface area (Å²) < 4.78 is 26.8. The Hall–Kier alpha value is -1.53. The Morgan fingerprint density at radius 3 is 2.25 bits per heavy atom. The molecule has 1 N–H and O–H groups in total. The van der Waals surface area contributed by atoms with Crippen molar-refractivity contribution in [3.63, 3.8) is 0 Å². The minimum absolute atomic E-state index is 0.158. The second-order valence-electron chi connectivity index (χ2n) is 4.86. The topological polar surface area (TPSA) is 35.6 Å². The molecule has 0 aliphatic carbocycles. The molecule has 1 amide bonds.